The van der Waals surface area contributed by atoms with Crippen molar-refractivity contribution in [3.63, 3.8) is 0 Å². The second-order valence-corrected chi connectivity index (χ2v) is 4.32. The Hall–Kier alpha value is -1.49. The van der Waals surface area contributed by atoms with Crippen molar-refractivity contribution in [1.82, 2.24) is 0 Å². The molecule has 0 heterocycles. The SMILES string of the molecule is COc1cc(CC(C)Cl)c([N+](=O)[O-])cc1OC. The molecule has 0 fully saturated rings. The summed E-state index contributed by atoms with van der Waals surface area (Å²) in [6.45, 7) is 1.78. The number of nitro groups is 1. The Morgan fingerprint density at radius 3 is 2.29 bits per heavy atom. The summed E-state index contributed by atoms with van der Waals surface area (Å²) in [6.07, 6.45) is 0.401. The molecule has 0 radical (unpaired) electrons. The Labute approximate surface area is 104 Å². The highest BCUT2D eigenvalue weighted by molar-refractivity contribution is 6.20. The second kappa shape index (κ2) is 5.72. The molecular formula is C11H14ClNO4. The van der Waals surface area contributed by atoms with Gasteiger partial charge in [-0.3, -0.25) is 10.1 Å². The maximum atomic E-state index is 10.9. The third-order valence-corrected chi connectivity index (χ3v) is 2.44. The van der Waals surface area contributed by atoms with E-state index in [2.05, 4.69) is 0 Å². The van der Waals surface area contributed by atoms with Crippen molar-refractivity contribution in [2.45, 2.75) is 18.7 Å². The number of rotatable bonds is 5. The zero-order valence-electron chi connectivity index (χ0n) is 9.90. The molecule has 0 saturated carbocycles. The van der Waals surface area contributed by atoms with E-state index in [0.29, 0.717) is 23.5 Å². The first-order chi connectivity index (χ1) is 7.99. The monoisotopic (exact) mass is 259 g/mol. The van der Waals surface area contributed by atoms with E-state index >= 15 is 0 Å². The maximum Gasteiger partial charge on any atom is 0.276 e. The highest BCUT2D eigenvalue weighted by atomic mass is 35.5. The molecule has 0 N–H and O–H groups in total. The molecular weight excluding hydrogens is 246 g/mol. The Kier molecular flexibility index (Phi) is 4.57. The van der Waals surface area contributed by atoms with Gasteiger partial charge >= 0.3 is 0 Å². The van der Waals surface area contributed by atoms with Crippen LogP contribution in [-0.2, 0) is 6.42 Å². The lowest BCUT2D eigenvalue weighted by Gasteiger charge is -2.11. The van der Waals surface area contributed by atoms with Crippen molar-refractivity contribution in [3.05, 3.63) is 27.8 Å². The molecule has 0 spiro atoms. The van der Waals surface area contributed by atoms with E-state index in [9.17, 15) is 10.1 Å². The van der Waals surface area contributed by atoms with Crippen LogP contribution in [0, 0.1) is 10.1 Å². The smallest absolute Gasteiger partial charge is 0.276 e. The topological polar surface area (TPSA) is 61.6 Å². The van der Waals surface area contributed by atoms with Crippen LogP contribution in [0.15, 0.2) is 12.1 Å². The average molecular weight is 260 g/mol. The van der Waals surface area contributed by atoms with Gasteiger partial charge in [0.25, 0.3) is 5.69 Å². The Balaban J connectivity index is 3.29. The van der Waals surface area contributed by atoms with Gasteiger partial charge < -0.3 is 9.47 Å². The minimum absolute atomic E-state index is 0.00449. The molecule has 0 amide bonds. The standard InChI is InChI=1S/C11H14ClNO4/c1-7(12)4-8-5-10(16-2)11(17-3)6-9(8)13(14)15/h5-7H,4H2,1-3H3. The summed E-state index contributed by atoms with van der Waals surface area (Å²) in [6, 6.07) is 2.95. The fraction of sp³-hybridized carbons (Fsp3) is 0.455. The largest absolute Gasteiger partial charge is 0.493 e. The fourth-order valence-corrected chi connectivity index (χ4v) is 1.71. The third-order valence-electron chi connectivity index (χ3n) is 2.28. The van der Waals surface area contributed by atoms with Crippen LogP contribution >= 0.6 is 11.6 Å². The molecule has 0 bridgehead atoms. The number of ether oxygens (including phenoxy) is 2. The van der Waals surface area contributed by atoms with Gasteiger partial charge in [-0.15, -0.1) is 11.6 Å². The van der Waals surface area contributed by atoms with Crippen LogP contribution < -0.4 is 9.47 Å². The van der Waals surface area contributed by atoms with E-state index in [-0.39, 0.29) is 11.1 Å². The van der Waals surface area contributed by atoms with Crippen LogP contribution in [0.5, 0.6) is 11.5 Å². The van der Waals surface area contributed by atoms with E-state index in [1.54, 1.807) is 13.0 Å². The van der Waals surface area contributed by atoms with Gasteiger partial charge in [-0.2, -0.15) is 0 Å². The van der Waals surface area contributed by atoms with E-state index in [0.717, 1.165) is 0 Å². The van der Waals surface area contributed by atoms with Gasteiger partial charge in [0, 0.05) is 10.9 Å². The predicted octanol–water partition coefficient (Wildman–Crippen LogP) is 2.78. The van der Waals surface area contributed by atoms with Gasteiger partial charge in [0.2, 0.25) is 0 Å². The summed E-state index contributed by atoms with van der Waals surface area (Å²) in [5, 5.41) is 10.7. The lowest BCUT2D eigenvalue weighted by Crippen LogP contribution is -2.03. The first-order valence-corrected chi connectivity index (χ1v) is 5.46. The average Bonchev–Trinajstić information content (AvgIpc) is 2.27. The van der Waals surface area contributed by atoms with Crippen LogP contribution in [0.1, 0.15) is 12.5 Å². The molecule has 0 aromatic heterocycles. The van der Waals surface area contributed by atoms with Crippen molar-refractivity contribution in [2.75, 3.05) is 14.2 Å². The molecule has 6 heteroatoms. The summed E-state index contributed by atoms with van der Waals surface area (Å²) >= 11 is 5.86. The summed E-state index contributed by atoms with van der Waals surface area (Å²) < 4.78 is 10.1. The van der Waals surface area contributed by atoms with Crippen molar-refractivity contribution in [2.24, 2.45) is 0 Å². The van der Waals surface area contributed by atoms with E-state index in [4.69, 9.17) is 21.1 Å². The molecule has 1 atom stereocenters. The minimum Gasteiger partial charge on any atom is -0.493 e. The molecule has 17 heavy (non-hydrogen) atoms. The second-order valence-electron chi connectivity index (χ2n) is 3.58. The molecule has 0 aliphatic carbocycles. The number of hydrogen-bond donors (Lipinski definition) is 0. The zero-order chi connectivity index (χ0) is 13.0. The van der Waals surface area contributed by atoms with Gasteiger partial charge in [0.05, 0.1) is 25.2 Å². The molecule has 5 nitrogen and oxygen atoms in total. The quantitative estimate of drug-likeness (QED) is 0.463. The van der Waals surface area contributed by atoms with Crippen molar-refractivity contribution in [1.29, 1.82) is 0 Å². The minimum atomic E-state index is -0.448. The summed E-state index contributed by atoms with van der Waals surface area (Å²) in [5.41, 5.74) is 0.533. The number of nitrogens with zero attached hydrogens (tertiary/aromatic N) is 1. The van der Waals surface area contributed by atoms with E-state index in [1.807, 2.05) is 0 Å². The molecule has 0 aliphatic rings. The number of methoxy groups -OCH3 is 2. The molecule has 0 saturated heterocycles. The van der Waals surface area contributed by atoms with Gasteiger partial charge in [0.15, 0.2) is 11.5 Å². The van der Waals surface area contributed by atoms with Crippen LogP contribution in [-0.4, -0.2) is 24.5 Å². The summed E-state index contributed by atoms with van der Waals surface area (Å²) in [5.74, 6) is 0.801. The first kappa shape index (κ1) is 13.6. The Bertz CT molecular complexity index is 420. The van der Waals surface area contributed by atoms with Gasteiger partial charge in [-0.05, 0) is 19.4 Å². The van der Waals surface area contributed by atoms with Crippen LogP contribution in [0.25, 0.3) is 0 Å². The normalized spacial score (nSPS) is 12.0. The van der Waals surface area contributed by atoms with Crippen molar-refractivity contribution >= 4 is 17.3 Å². The van der Waals surface area contributed by atoms with Gasteiger partial charge in [0.1, 0.15) is 0 Å². The fourth-order valence-electron chi connectivity index (χ4n) is 1.55. The molecule has 1 rings (SSSR count). The van der Waals surface area contributed by atoms with Crippen molar-refractivity contribution in [3.8, 4) is 11.5 Å². The number of halogens is 1. The maximum absolute atomic E-state index is 10.9. The third kappa shape index (κ3) is 3.23. The molecule has 0 aliphatic heterocycles. The number of benzene rings is 1. The predicted molar refractivity (Wildman–Crippen MR) is 65.2 cm³/mol. The van der Waals surface area contributed by atoms with Crippen LogP contribution in [0.2, 0.25) is 0 Å². The molecule has 1 unspecified atom stereocenters. The highest BCUT2D eigenvalue weighted by Gasteiger charge is 2.20. The van der Waals surface area contributed by atoms with Crippen LogP contribution in [0.4, 0.5) is 5.69 Å². The number of nitro benzene ring substituents is 1. The highest BCUT2D eigenvalue weighted by Crippen LogP contribution is 2.35. The van der Waals surface area contributed by atoms with E-state index in [1.165, 1.54) is 20.3 Å². The number of alkyl halides is 1. The van der Waals surface area contributed by atoms with E-state index < -0.39 is 4.92 Å². The Morgan fingerprint density at radius 1 is 1.35 bits per heavy atom. The zero-order valence-corrected chi connectivity index (χ0v) is 10.7. The molecule has 1 aromatic rings. The van der Waals surface area contributed by atoms with Crippen molar-refractivity contribution < 1.29 is 14.4 Å². The number of hydrogen-bond acceptors (Lipinski definition) is 4. The summed E-state index contributed by atoms with van der Waals surface area (Å²) in [7, 11) is 2.92. The van der Waals surface area contributed by atoms with Gasteiger partial charge in [-0.1, -0.05) is 0 Å². The summed E-state index contributed by atoms with van der Waals surface area (Å²) in [4.78, 5) is 10.5. The lowest BCUT2D eigenvalue weighted by atomic mass is 10.1. The Morgan fingerprint density at radius 2 is 1.88 bits per heavy atom. The van der Waals surface area contributed by atoms with Crippen LogP contribution in [0.3, 0.4) is 0 Å². The lowest BCUT2D eigenvalue weighted by molar-refractivity contribution is -0.385. The molecule has 1 aromatic carbocycles. The first-order valence-electron chi connectivity index (χ1n) is 5.03. The van der Waals surface area contributed by atoms with Gasteiger partial charge in [-0.25, -0.2) is 0 Å². The molecule has 94 valence electrons.